The van der Waals surface area contributed by atoms with E-state index < -0.39 is 0 Å². The quantitative estimate of drug-likeness (QED) is 0.159. The first-order valence-corrected chi connectivity index (χ1v) is 10.7. The van der Waals surface area contributed by atoms with Gasteiger partial charge in [0.1, 0.15) is 6.26 Å². The standard InChI is InChI=1S/C25H40O2/c1-3-5-6-7-8-9-10-11-12-13-14-15-16-17-18-19-20-21-22-25(24-26)27-23-4-2/h13-22,24,26H,3-12,23H2,1-2H3/b14-13+,16-15+,18-17+,20-19+,22-21+,25-24+. The summed E-state index contributed by atoms with van der Waals surface area (Å²) in [6.07, 6.45) is 34.0. The van der Waals surface area contributed by atoms with E-state index in [4.69, 9.17) is 9.84 Å². The van der Waals surface area contributed by atoms with Crippen LogP contribution in [-0.2, 0) is 4.74 Å². The van der Waals surface area contributed by atoms with E-state index in [1.54, 1.807) is 6.08 Å². The zero-order valence-electron chi connectivity index (χ0n) is 17.5. The van der Waals surface area contributed by atoms with E-state index in [-0.39, 0.29) is 0 Å². The fourth-order valence-corrected chi connectivity index (χ4v) is 2.45. The van der Waals surface area contributed by atoms with Crippen molar-refractivity contribution < 1.29 is 9.84 Å². The maximum absolute atomic E-state index is 9.00. The Hall–Kier alpha value is -1.96. The fourth-order valence-electron chi connectivity index (χ4n) is 2.45. The highest BCUT2D eigenvalue weighted by molar-refractivity contribution is 5.20. The van der Waals surface area contributed by atoms with Gasteiger partial charge in [-0.3, -0.25) is 0 Å². The number of hydrogen-bond donors (Lipinski definition) is 1. The topological polar surface area (TPSA) is 29.5 Å². The molecule has 0 aliphatic carbocycles. The molecule has 0 atom stereocenters. The van der Waals surface area contributed by atoms with Crippen molar-refractivity contribution in [2.45, 2.75) is 78.1 Å². The number of rotatable bonds is 17. The minimum absolute atomic E-state index is 0.479. The summed E-state index contributed by atoms with van der Waals surface area (Å²) in [6.45, 7) is 4.91. The van der Waals surface area contributed by atoms with Crippen LogP contribution >= 0.6 is 0 Å². The van der Waals surface area contributed by atoms with Crippen LogP contribution in [0.4, 0.5) is 0 Å². The van der Waals surface area contributed by atoms with Crippen LogP contribution in [0.25, 0.3) is 0 Å². The predicted molar refractivity (Wildman–Crippen MR) is 120 cm³/mol. The molecule has 152 valence electrons. The van der Waals surface area contributed by atoms with Gasteiger partial charge in [0.2, 0.25) is 0 Å². The molecule has 0 saturated heterocycles. The van der Waals surface area contributed by atoms with Gasteiger partial charge in [0.15, 0.2) is 5.76 Å². The first-order valence-electron chi connectivity index (χ1n) is 10.7. The average molecular weight is 373 g/mol. The molecule has 0 heterocycles. The zero-order valence-corrected chi connectivity index (χ0v) is 17.5. The smallest absolute Gasteiger partial charge is 0.153 e. The molecule has 2 heteroatoms. The van der Waals surface area contributed by atoms with Gasteiger partial charge in [-0.25, -0.2) is 0 Å². The largest absolute Gasteiger partial charge is 0.512 e. The Balaban J connectivity index is 3.67. The van der Waals surface area contributed by atoms with E-state index in [9.17, 15) is 0 Å². The Kier molecular flexibility index (Phi) is 20.5. The second-order valence-electron chi connectivity index (χ2n) is 6.59. The third-order valence-electron chi connectivity index (χ3n) is 4.00. The van der Waals surface area contributed by atoms with E-state index in [1.807, 2.05) is 43.4 Å². The van der Waals surface area contributed by atoms with E-state index in [0.717, 1.165) is 12.7 Å². The Labute approximate surface area is 167 Å². The van der Waals surface area contributed by atoms with Gasteiger partial charge in [-0.15, -0.1) is 0 Å². The Morgan fingerprint density at radius 2 is 1.22 bits per heavy atom. The monoisotopic (exact) mass is 372 g/mol. The summed E-state index contributed by atoms with van der Waals surface area (Å²) in [6, 6.07) is 0. The van der Waals surface area contributed by atoms with Gasteiger partial charge in [-0.05, 0) is 25.3 Å². The van der Waals surface area contributed by atoms with Crippen molar-refractivity contribution >= 4 is 0 Å². The summed E-state index contributed by atoms with van der Waals surface area (Å²) in [5.74, 6) is 0.479. The molecule has 0 saturated carbocycles. The van der Waals surface area contributed by atoms with Crippen LogP contribution in [0.1, 0.15) is 78.1 Å². The lowest BCUT2D eigenvalue weighted by molar-refractivity contribution is 0.213. The minimum atomic E-state index is 0.479. The lowest BCUT2D eigenvalue weighted by atomic mass is 10.1. The summed E-state index contributed by atoms with van der Waals surface area (Å²) in [7, 11) is 0. The Morgan fingerprint density at radius 1 is 0.667 bits per heavy atom. The van der Waals surface area contributed by atoms with E-state index >= 15 is 0 Å². The molecular weight excluding hydrogens is 332 g/mol. The van der Waals surface area contributed by atoms with Crippen molar-refractivity contribution in [3.8, 4) is 0 Å². The summed E-state index contributed by atoms with van der Waals surface area (Å²) >= 11 is 0. The van der Waals surface area contributed by atoms with Crippen LogP contribution in [0.5, 0.6) is 0 Å². The highest BCUT2D eigenvalue weighted by Crippen LogP contribution is 2.09. The van der Waals surface area contributed by atoms with Crippen molar-refractivity contribution in [3.05, 3.63) is 72.8 Å². The minimum Gasteiger partial charge on any atom is -0.512 e. The second kappa shape index (κ2) is 22.1. The van der Waals surface area contributed by atoms with Gasteiger partial charge in [-0.1, -0.05) is 113 Å². The molecule has 0 fully saturated rings. The lowest BCUT2D eigenvalue weighted by Gasteiger charge is -2.01. The van der Waals surface area contributed by atoms with Gasteiger partial charge in [0.25, 0.3) is 0 Å². The fraction of sp³-hybridized carbons (Fsp3) is 0.520. The van der Waals surface area contributed by atoms with E-state index in [2.05, 4.69) is 25.2 Å². The summed E-state index contributed by atoms with van der Waals surface area (Å²) < 4.78 is 5.33. The molecular formula is C25H40O2. The number of aliphatic hydroxyl groups is 1. The van der Waals surface area contributed by atoms with Crippen molar-refractivity contribution in [1.29, 1.82) is 0 Å². The lowest BCUT2D eigenvalue weighted by Crippen LogP contribution is -1.90. The molecule has 2 nitrogen and oxygen atoms in total. The summed E-state index contributed by atoms with van der Waals surface area (Å²) in [5, 5.41) is 9.00. The van der Waals surface area contributed by atoms with Gasteiger partial charge in [0.05, 0.1) is 6.61 Å². The molecule has 27 heavy (non-hydrogen) atoms. The Morgan fingerprint density at radius 3 is 1.81 bits per heavy atom. The molecule has 0 rings (SSSR count). The molecule has 0 unspecified atom stereocenters. The molecule has 0 aromatic heterocycles. The SMILES string of the molecule is CCCCCCCCCC/C=C/C=C/C=C/C=C/C=C/C(=C\O)OCCC. The van der Waals surface area contributed by atoms with Gasteiger partial charge >= 0.3 is 0 Å². The number of hydrogen-bond acceptors (Lipinski definition) is 2. The van der Waals surface area contributed by atoms with Crippen molar-refractivity contribution in [3.63, 3.8) is 0 Å². The van der Waals surface area contributed by atoms with Crippen molar-refractivity contribution in [2.24, 2.45) is 0 Å². The molecule has 0 aliphatic rings. The number of ether oxygens (including phenoxy) is 1. The van der Waals surface area contributed by atoms with Gasteiger partial charge in [0, 0.05) is 0 Å². The van der Waals surface area contributed by atoms with Crippen LogP contribution in [0.2, 0.25) is 0 Å². The molecule has 0 aromatic carbocycles. The number of unbranched alkanes of at least 4 members (excludes halogenated alkanes) is 8. The van der Waals surface area contributed by atoms with Crippen LogP contribution in [0.3, 0.4) is 0 Å². The average Bonchev–Trinajstić information content (AvgIpc) is 2.69. The van der Waals surface area contributed by atoms with Gasteiger partial charge in [-0.2, -0.15) is 0 Å². The molecule has 0 spiro atoms. The third-order valence-corrected chi connectivity index (χ3v) is 4.00. The highest BCUT2D eigenvalue weighted by Gasteiger charge is 1.90. The molecule has 0 aromatic rings. The molecule has 0 aliphatic heterocycles. The number of allylic oxidation sites excluding steroid dienone is 10. The van der Waals surface area contributed by atoms with E-state index in [0.29, 0.717) is 12.4 Å². The maximum atomic E-state index is 9.00. The highest BCUT2D eigenvalue weighted by atomic mass is 16.5. The zero-order chi connectivity index (χ0) is 19.8. The van der Waals surface area contributed by atoms with Crippen LogP contribution in [0, 0.1) is 0 Å². The normalized spacial score (nSPS) is 13.3. The third kappa shape index (κ3) is 20.2. The predicted octanol–water partition coefficient (Wildman–Crippen LogP) is 8.12. The molecule has 0 amide bonds. The van der Waals surface area contributed by atoms with Gasteiger partial charge < -0.3 is 9.84 Å². The van der Waals surface area contributed by atoms with Crippen LogP contribution < -0.4 is 0 Å². The van der Waals surface area contributed by atoms with Crippen LogP contribution in [0.15, 0.2) is 72.8 Å². The van der Waals surface area contributed by atoms with Crippen molar-refractivity contribution in [1.82, 2.24) is 0 Å². The first-order chi connectivity index (χ1) is 13.3. The van der Waals surface area contributed by atoms with Crippen LogP contribution in [-0.4, -0.2) is 11.7 Å². The second-order valence-corrected chi connectivity index (χ2v) is 6.59. The molecule has 0 radical (unpaired) electrons. The van der Waals surface area contributed by atoms with Crippen molar-refractivity contribution in [2.75, 3.05) is 6.61 Å². The molecule has 1 N–H and O–H groups in total. The number of aliphatic hydroxyl groups excluding tert-OH is 1. The summed E-state index contributed by atoms with van der Waals surface area (Å²) in [4.78, 5) is 0. The first kappa shape index (κ1) is 25.0. The summed E-state index contributed by atoms with van der Waals surface area (Å²) in [5.41, 5.74) is 0. The maximum Gasteiger partial charge on any atom is 0.153 e. The Bertz CT molecular complexity index is 479. The van der Waals surface area contributed by atoms with E-state index in [1.165, 1.54) is 57.8 Å². The molecule has 0 bridgehead atoms.